The molecular formula is C13H25ClN2O2. The van der Waals surface area contributed by atoms with Gasteiger partial charge in [0.1, 0.15) is 0 Å². The van der Waals surface area contributed by atoms with Gasteiger partial charge in [0.25, 0.3) is 0 Å². The van der Waals surface area contributed by atoms with Crippen LogP contribution in [0.25, 0.3) is 0 Å². The summed E-state index contributed by atoms with van der Waals surface area (Å²) in [6.07, 6.45) is 4.37. The van der Waals surface area contributed by atoms with Gasteiger partial charge in [0.2, 0.25) is 5.91 Å². The quantitative estimate of drug-likeness (QED) is 0.826. The molecule has 2 heterocycles. The summed E-state index contributed by atoms with van der Waals surface area (Å²) in [5.41, 5.74) is 0. The van der Waals surface area contributed by atoms with Gasteiger partial charge in [-0.3, -0.25) is 4.79 Å². The van der Waals surface area contributed by atoms with Crippen molar-refractivity contribution in [3.8, 4) is 0 Å². The van der Waals surface area contributed by atoms with Crippen LogP contribution in [0.3, 0.4) is 0 Å². The topological polar surface area (TPSA) is 41.6 Å². The van der Waals surface area contributed by atoms with Crippen molar-refractivity contribution in [2.24, 2.45) is 5.92 Å². The van der Waals surface area contributed by atoms with Gasteiger partial charge in [-0.15, -0.1) is 12.4 Å². The molecule has 18 heavy (non-hydrogen) atoms. The second-order valence-electron chi connectivity index (χ2n) is 5.13. The maximum Gasteiger partial charge on any atom is 0.222 e. The van der Waals surface area contributed by atoms with Crippen molar-refractivity contribution in [3.05, 3.63) is 0 Å². The van der Waals surface area contributed by atoms with E-state index in [1.807, 2.05) is 4.90 Å². The summed E-state index contributed by atoms with van der Waals surface area (Å²) in [6.45, 7) is 6.58. The second-order valence-corrected chi connectivity index (χ2v) is 5.13. The number of hydrogen-bond donors (Lipinski definition) is 1. The third-order valence-electron chi connectivity index (χ3n) is 3.81. The van der Waals surface area contributed by atoms with E-state index in [1.54, 1.807) is 0 Å². The minimum absolute atomic E-state index is 0. The molecule has 0 bridgehead atoms. The van der Waals surface area contributed by atoms with E-state index in [2.05, 4.69) is 12.2 Å². The van der Waals surface area contributed by atoms with Gasteiger partial charge in [-0.05, 0) is 45.2 Å². The molecule has 1 amide bonds. The van der Waals surface area contributed by atoms with Crippen LogP contribution >= 0.6 is 12.4 Å². The van der Waals surface area contributed by atoms with E-state index in [0.29, 0.717) is 18.2 Å². The third kappa shape index (κ3) is 4.41. The maximum atomic E-state index is 12.2. The minimum Gasteiger partial charge on any atom is -0.376 e. The molecule has 0 aromatic carbocycles. The number of halogens is 1. The average molecular weight is 277 g/mol. The molecule has 1 N–H and O–H groups in total. The first-order valence-corrected chi connectivity index (χ1v) is 6.89. The van der Waals surface area contributed by atoms with Crippen LogP contribution in [-0.4, -0.2) is 49.7 Å². The van der Waals surface area contributed by atoms with Crippen molar-refractivity contribution in [3.63, 3.8) is 0 Å². The fourth-order valence-corrected chi connectivity index (χ4v) is 2.71. The first-order valence-electron chi connectivity index (χ1n) is 6.89. The van der Waals surface area contributed by atoms with E-state index in [9.17, 15) is 4.79 Å². The van der Waals surface area contributed by atoms with E-state index in [4.69, 9.17) is 4.74 Å². The summed E-state index contributed by atoms with van der Waals surface area (Å²) in [5.74, 6) is 0.845. The van der Waals surface area contributed by atoms with Crippen molar-refractivity contribution in [2.45, 2.75) is 38.7 Å². The Morgan fingerprint density at radius 2 is 2.28 bits per heavy atom. The van der Waals surface area contributed by atoms with Crippen LogP contribution < -0.4 is 5.32 Å². The second kappa shape index (κ2) is 7.97. The van der Waals surface area contributed by atoms with Gasteiger partial charge in [0, 0.05) is 26.1 Å². The smallest absolute Gasteiger partial charge is 0.222 e. The van der Waals surface area contributed by atoms with Gasteiger partial charge in [0.05, 0.1) is 6.10 Å². The Morgan fingerprint density at radius 3 is 2.83 bits per heavy atom. The lowest BCUT2D eigenvalue weighted by Gasteiger charge is -2.25. The zero-order valence-electron chi connectivity index (χ0n) is 11.2. The zero-order chi connectivity index (χ0) is 12.1. The van der Waals surface area contributed by atoms with Crippen LogP contribution in [0.15, 0.2) is 0 Å². The van der Waals surface area contributed by atoms with Crippen LogP contribution in [0.5, 0.6) is 0 Å². The van der Waals surface area contributed by atoms with E-state index in [-0.39, 0.29) is 18.5 Å². The third-order valence-corrected chi connectivity index (χ3v) is 3.81. The Balaban J connectivity index is 0.00000162. The highest BCUT2D eigenvalue weighted by atomic mass is 35.5. The molecule has 2 atom stereocenters. The largest absolute Gasteiger partial charge is 0.376 e. The molecule has 2 aliphatic rings. The highest BCUT2D eigenvalue weighted by Gasteiger charge is 2.24. The van der Waals surface area contributed by atoms with Gasteiger partial charge >= 0.3 is 0 Å². The van der Waals surface area contributed by atoms with Gasteiger partial charge in [0.15, 0.2) is 0 Å². The molecule has 2 unspecified atom stereocenters. The van der Waals surface area contributed by atoms with Crippen molar-refractivity contribution >= 4 is 18.3 Å². The number of amides is 1. The predicted molar refractivity (Wildman–Crippen MR) is 74.1 cm³/mol. The Bertz CT molecular complexity index is 251. The number of hydrogen-bond acceptors (Lipinski definition) is 3. The minimum atomic E-state index is 0. The summed E-state index contributed by atoms with van der Waals surface area (Å²) >= 11 is 0. The first kappa shape index (κ1) is 15.7. The number of carbonyl (C=O) groups excluding carboxylic acids is 1. The van der Waals surface area contributed by atoms with E-state index in [1.165, 1.54) is 0 Å². The number of nitrogens with zero attached hydrogens (tertiary/aromatic N) is 1. The van der Waals surface area contributed by atoms with Gasteiger partial charge < -0.3 is 15.0 Å². The van der Waals surface area contributed by atoms with Crippen LogP contribution in [-0.2, 0) is 9.53 Å². The summed E-state index contributed by atoms with van der Waals surface area (Å²) in [6, 6.07) is 0. The number of nitrogens with one attached hydrogen (secondary N) is 1. The van der Waals surface area contributed by atoms with E-state index >= 15 is 0 Å². The molecule has 2 rings (SSSR count). The molecule has 0 aromatic rings. The molecule has 4 nitrogen and oxygen atoms in total. The van der Waals surface area contributed by atoms with Crippen molar-refractivity contribution in [1.29, 1.82) is 0 Å². The standard InChI is InChI=1S/C13H24N2O2.ClH/c1-2-15(10-12-4-3-7-17-12)13(16)8-11-5-6-14-9-11;/h11-12,14H,2-10H2,1H3;1H. The Kier molecular flexibility index (Phi) is 6.97. The van der Waals surface area contributed by atoms with Crippen molar-refractivity contribution in [1.82, 2.24) is 10.2 Å². The Hall–Kier alpha value is -0.320. The summed E-state index contributed by atoms with van der Waals surface area (Å²) < 4.78 is 5.60. The molecule has 0 aliphatic carbocycles. The molecule has 5 heteroatoms. The highest BCUT2D eigenvalue weighted by molar-refractivity contribution is 5.85. The molecular weight excluding hydrogens is 252 g/mol. The number of likely N-dealkylation sites (N-methyl/N-ethyl adjacent to an activating group) is 1. The van der Waals surface area contributed by atoms with Crippen molar-refractivity contribution in [2.75, 3.05) is 32.8 Å². The highest BCUT2D eigenvalue weighted by Crippen LogP contribution is 2.17. The summed E-state index contributed by atoms with van der Waals surface area (Å²) in [4.78, 5) is 14.1. The summed E-state index contributed by atoms with van der Waals surface area (Å²) in [7, 11) is 0. The molecule has 0 spiro atoms. The molecule has 2 saturated heterocycles. The van der Waals surface area contributed by atoms with Gasteiger partial charge in [-0.25, -0.2) is 0 Å². The summed E-state index contributed by atoms with van der Waals surface area (Å²) in [5, 5.41) is 3.31. The number of carbonyl (C=O) groups is 1. The first-order chi connectivity index (χ1) is 8.29. The lowest BCUT2D eigenvalue weighted by Crippen LogP contribution is -2.38. The van der Waals surface area contributed by atoms with Gasteiger partial charge in [-0.2, -0.15) is 0 Å². The fraction of sp³-hybridized carbons (Fsp3) is 0.923. The van der Waals surface area contributed by atoms with Crippen LogP contribution in [0.2, 0.25) is 0 Å². The molecule has 2 aliphatic heterocycles. The predicted octanol–water partition coefficient (Wildman–Crippen LogP) is 1.44. The van der Waals surface area contributed by atoms with Crippen LogP contribution in [0.4, 0.5) is 0 Å². The molecule has 0 aromatic heterocycles. The van der Waals surface area contributed by atoms with E-state index < -0.39 is 0 Å². The molecule has 106 valence electrons. The van der Waals surface area contributed by atoms with Crippen LogP contribution in [0.1, 0.15) is 32.6 Å². The monoisotopic (exact) mass is 276 g/mol. The number of ether oxygens (including phenoxy) is 1. The fourth-order valence-electron chi connectivity index (χ4n) is 2.71. The average Bonchev–Trinajstić information content (AvgIpc) is 2.97. The Labute approximate surface area is 116 Å². The normalized spacial score (nSPS) is 26.9. The molecule has 0 saturated carbocycles. The Morgan fingerprint density at radius 1 is 1.44 bits per heavy atom. The maximum absolute atomic E-state index is 12.2. The zero-order valence-corrected chi connectivity index (χ0v) is 12.0. The molecule has 2 fully saturated rings. The van der Waals surface area contributed by atoms with Crippen molar-refractivity contribution < 1.29 is 9.53 Å². The van der Waals surface area contributed by atoms with Crippen LogP contribution in [0, 0.1) is 5.92 Å². The SMILES string of the molecule is CCN(CC1CCCO1)C(=O)CC1CCNC1.Cl. The lowest BCUT2D eigenvalue weighted by atomic mass is 10.0. The number of rotatable bonds is 5. The van der Waals surface area contributed by atoms with Gasteiger partial charge in [-0.1, -0.05) is 0 Å². The molecule has 0 radical (unpaired) electrons. The van der Waals surface area contributed by atoms with E-state index in [0.717, 1.165) is 52.0 Å². The lowest BCUT2D eigenvalue weighted by molar-refractivity contribution is -0.133.